The number of hydrogen-bond donors (Lipinski definition) is 0. The largest absolute Gasteiger partial charge is 0.0918 e. The fourth-order valence-corrected chi connectivity index (χ4v) is 11.8. The summed E-state index contributed by atoms with van der Waals surface area (Å²) >= 11 is 2.16. The molecule has 1 aliphatic rings. The predicted molar refractivity (Wildman–Crippen MR) is 82.5 cm³/mol. The van der Waals surface area contributed by atoms with Crippen molar-refractivity contribution in [2.24, 2.45) is 5.92 Å². The van der Waals surface area contributed by atoms with E-state index < -0.39 is 6.46 Å². The molecule has 1 aliphatic heterocycles. The standard InChI is InChI=1S/C15H24PS/c1-12-14(2,3)16(6,15(12,4)5)17-13-10-8-7-9-11-13/h7-12H,1-6H3/q+1. The molecule has 0 amide bonds. The lowest BCUT2D eigenvalue weighted by molar-refractivity contribution is 0.302. The van der Waals surface area contributed by atoms with Crippen LogP contribution >= 0.6 is 17.8 Å². The van der Waals surface area contributed by atoms with E-state index in [2.05, 4.69) is 83.0 Å². The Morgan fingerprint density at radius 2 is 1.47 bits per heavy atom. The summed E-state index contributed by atoms with van der Waals surface area (Å²) in [5.74, 6) is 0.810. The second kappa shape index (κ2) is 4.00. The summed E-state index contributed by atoms with van der Waals surface area (Å²) in [6, 6.07) is 10.9. The van der Waals surface area contributed by atoms with E-state index in [4.69, 9.17) is 0 Å². The third-order valence-corrected chi connectivity index (χ3v) is 15.9. The van der Waals surface area contributed by atoms with Gasteiger partial charge in [0.25, 0.3) is 0 Å². The van der Waals surface area contributed by atoms with E-state index in [0.717, 1.165) is 5.92 Å². The molecule has 0 spiro atoms. The van der Waals surface area contributed by atoms with Crippen LogP contribution in [0.25, 0.3) is 0 Å². The van der Waals surface area contributed by atoms with E-state index in [0.29, 0.717) is 10.3 Å². The Hall–Kier alpha value is 0. The van der Waals surface area contributed by atoms with Crippen molar-refractivity contribution in [1.82, 2.24) is 0 Å². The first kappa shape index (κ1) is 13.4. The maximum Gasteiger partial charge on any atom is 0.0918 e. The molecule has 0 aromatic heterocycles. The molecule has 1 aromatic carbocycles. The van der Waals surface area contributed by atoms with Crippen LogP contribution in [0.15, 0.2) is 35.2 Å². The van der Waals surface area contributed by atoms with Gasteiger partial charge in [0, 0.05) is 10.8 Å². The minimum Gasteiger partial charge on any atom is -0.0622 e. The zero-order valence-corrected chi connectivity index (χ0v) is 13.5. The third kappa shape index (κ3) is 1.70. The molecule has 1 aromatic rings. The molecule has 1 heterocycles. The van der Waals surface area contributed by atoms with Crippen LogP contribution in [-0.2, 0) is 0 Å². The molecule has 0 saturated carbocycles. The SMILES string of the molecule is CC1C(C)(C)[P+](C)(Sc2ccccc2)C1(C)C. The Morgan fingerprint density at radius 3 is 1.94 bits per heavy atom. The normalized spacial score (nSPS) is 34.1. The molecule has 0 N–H and O–H groups in total. The Bertz CT molecular complexity index is 392. The number of rotatable bonds is 2. The lowest BCUT2D eigenvalue weighted by atomic mass is 9.83. The summed E-state index contributed by atoms with van der Waals surface area (Å²) in [5, 5.41) is 0.994. The minimum atomic E-state index is -1.01. The van der Waals surface area contributed by atoms with E-state index in [1.54, 1.807) is 0 Å². The second-order valence-corrected chi connectivity index (χ2v) is 13.9. The topological polar surface area (TPSA) is 0 Å². The van der Waals surface area contributed by atoms with Crippen LogP contribution < -0.4 is 0 Å². The van der Waals surface area contributed by atoms with Gasteiger partial charge in [0.1, 0.15) is 0 Å². The first-order chi connectivity index (χ1) is 7.73. The van der Waals surface area contributed by atoms with Crippen LogP contribution in [0.3, 0.4) is 0 Å². The van der Waals surface area contributed by atoms with Crippen LogP contribution in [0.1, 0.15) is 34.6 Å². The Kier molecular flexibility index (Phi) is 3.16. The van der Waals surface area contributed by atoms with Gasteiger partial charge in [-0.15, -0.1) is 0 Å². The minimum absolute atomic E-state index is 0.497. The van der Waals surface area contributed by atoms with Crippen LogP contribution in [0.5, 0.6) is 0 Å². The van der Waals surface area contributed by atoms with Gasteiger partial charge in [-0.3, -0.25) is 0 Å². The highest BCUT2D eigenvalue weighted by molar-refractivity contribution is 8.63. The zero-order chi connectivity index (χ0) is 12.9. The smallest absolute Gasteiger partial charge is 0.0622 e. The van der Waals surface area contributed by atoms with Crippen molar-refractivity contribution in [3.8, 4) is 0 Å². The summed E-state index contributed by atoms with van der Waals surface area (Å²) in [6.07, 6.45) is 0. The maximum atomic E-state index is 2.55. The van der Waals surface area contributed by atoms with E-state index in [1.807, 2.05) is 0 Å². The Balaban J connectivity index is 2.31. The van der Waals surface area contributed by atoms with Gasteiger partial charge in [-0.05, 0) is 39.8 Å². The van der Waals surface area contributed by atoms with Gasteiger partial charge in [-0.25, -0.2) is 0 Å². The average molecular weight is 267 g/mol. The van der Waals surface area contributed by atoms with Crippen molar-refractivity contribution in [1.29, 1.82) is 0 Å². The van der Waals surface area contributed by atoms with Crippen LogP contribution in [0.4, 0.5) is 0 Å². The second-order valence-electron chi connectivity index (χ2n) is 6.36. The van der Waals surface area contributed by atoms with Crippen molar-refractivity contribution < 1.29 is 0 Å². The maximum absolute atomic E-state index is 2.55. The van der Waals surface area contributed by atoms with E-state index in [-0.39, 0.29) is 0 Å². The first-order valence-electron chi connectivity index (χ1n) is 6.35. The van der Waals surface area contributed by atoms with Gasteiger partial charge >= 0.3 is 0 Å². The molecular weight excluding hydrogens is 243 g/mol. The van der Waals surface area contributed by atoms with Crippen molar-refractivity contribution in [3.05, 3.63) is 30.3 Å². The van der Waals surface area contributed by atoms with Gasteiger partial charge in [-0.2, -0.15) is 0 Å². The van der Waals surface area contributed by atoms with Crippen LogP contribution in [-0.4, -0.2) is 17.0 Å². The Labute approximate surface area is 111 Å². The quantitative estimate of drug-likeness (QED) is 0.633. The molecule has 2 heteroatoms. The molecule has 0 unspecified atom stereocenters. The van der Waals surface area contributed by atoms with Crippen molar-refractivity contribution in [2.75, 3.05) is 6.66 Å². The van der Waals surface area contributed by atoms with Crippen LogP contribution in [0, 0.1) is 5.92 Å². The number of benzene rings is 1. The summed E-state index contributed by atoms with van der Waals surface area (Å²) in [5.41, 5.74) is 0. The van der Waals surface area contributed by atoms with Crippen LogP contribution in [0.2, 0.25) is 0 Å². The fraction of sp³-hybridized carbons (Fsp3) is 0.600. The van der Waals surface area contributed by atoms with E-state index in [9.17, 15) is 0 Å². The first-order valence-corrected chi connectivity index (χ1v) is 10.0. The molecule has 0 bridgehead atoms. The summed E-state index contributed by atoms with van der Waals surface area (Å²) < 4.78 is 0. The van der Waals surface area contributed by atoms with E-state index >= 15 is 0 Å². The molecule has 0 atom stereocenters. The average Bonchev–Trinajstić information content (AvgIpc) is 2.28. The summed E-state index contributed by atoms with van der Waals surface area (Å²) in [7, 11) is 0. The van der Waals surface area contributed by atoms with Crippen molar-refractivity contribution >= 4 is 17.8 Å². The highest BCUT2D eigenvalue weighted by Crippen LogP contribution is 2.94. The van der Waals surface area contributed by atoms with Gasteiger partial charge in [0.15, 0.2) is 0 Å². The molecule has 2 rings (SSSR count). The molecule has 94 valence electrons. The molecule has 1 fully saturated rings. The van der Waals surface area contributed by atoms with Gasteiger partial charge in [0.05, 0.1) is 34.8 Å². The molecule has 17 heavy (non-hydrogen) atoms. The zero-order valence-electron chi connectivity index (χ0n) is 11.8. The lowest BCUT2D eigenvalue weighted by Gasteiger charge is -2.62. The van der Waals surface area contributed by atoms with Gasteiger partial charge in [0.2, 0.25) is 0 Å². The third-order valence-electron chi connectivity index (χ3n) is 5.35. The summed E-state index contributed by atoms with van der Waals surface area (Å²) in [6.45, 7) is 13.8. The Morgan fingerprint density at radius 1 is 1.00 bits per heavy atom. The molecule has 0 aliphatic carbocycles. The highest BCUT2D eigenvalue weighted by Gasteiger charge is 2.75. The molecule has 0 nitrogen and oxygen atoms in total. The predicted octanol–water partition coefficient (Wildman–Crippen LogP) is 5.55. The van der Waals surface area contributed by atoms with Gasteiger partial charge < -0.3 is 0 Å². The van der Waals surface area contributed by atoms with Gasteiger partial charge in [-0.1, -0.05) is 25.1 Å². The van der Waals surface area contributed by atoms with Crippen molar-refractivity contribution in [2.45, 2.75) is 49.8 Å². The van der Waals surface area contributed by atoms with E-state index in [1.165, 1.54) is 4.90 Å². The fourth-order valence-electron chi connectivity index (χ4n) is 3.21. The summed E-state index contributed by atoms with van der Waals surface area (Å²) in [4.78, 5) is 1.44. The monoisotopic (exact) mass is 267 g/mol. The number of hydrogen-bond acceptors (Lipinski definition) is 1. The molecular formula is C15H24PS+. The molecule has 1 saturated heterocycles. The lowest BCUT2D eigenvalue weighted by Crippen LogP contribution is -2.59. The van der Waals surface area contributed by atoms with Crippen molar-refractivity contribution in [3.63, 3.8) is 0 Å². The highest BCUT2D eigenvalue weighted by atomic mass is 32.7. The molecule has 0 radical (unpaired) electrons.